The molecule has 8 heteroatoms. The lowest BCUT2D eigenvalue weighted by Gasteiger charge is -2.29. The van der Waals surface area contributed by atoms with Gasteiger partial charge in [0, 0.05) is 30.9 Å². The number of benzene rings is 1. The van der Waals surface area contributed by atoms with Gasteiger partial charge >= 0.3 is 5.97 Å². The Morgan fingerprint density at radius 1 is 1.23 bits per heavy atom. The Kier molecular flexibility index (Phi) is 5.37. The number of halogens is 2. The fourth-order valence-electron chi connectivity index (χ4n) is 2.79. The fourth-order valence-corrected chi connectivity index (χ4v) is 3.48. The van der Waals surface area contributed by atoms with Crippen molar-refractivity contribution < 1.29 is 19.1 Å². The van der Waals surface area contributed by atoms with Gasteiger partial charge in [-0.25, -0.2) is 0 Å². The van der Waals surface area contributed by atoms with Gasteiger partial charge in [-0.3, -0.25) is 9.59 Å². The summed E-state index contributed by atoms with van der Waals surface area (Å²) in [5.41, 5.74) is 0.759. The predicted molar refractivity (Wildman–Crippen MR) is 101 cm³/mol. The first-order chi connectivity index (χ1) is 12.2. The number of rotatable bonds is 5. The first-order valence-electron chi connectivity index (χ1n) is 8.55. The molecule has 0 spiro atoms. The molecule has 0 unspecified atom stereocenters. The van der Waals surface area contributed by atoms with Gasteiger partial charge in [0.2, 0.25) is 0 Å². The molecule has 142 valence electrons. The number of nitrogens with one attached hydrogen (secondary N) is 1. The third kappa shape index (κ3) is 3.92. The van der Waals surface area contributed by atoms with Gasteiger partial charge in [0.25, 0.3) is 5.91 Å². The van der Waals surface area contributed by atoms with E-state index in [1.807, 2.05) is 24.3 Å². The van der Waals surface area contributed by atoms with Crippen LogP contribution in [0.4, 0.5) is 11.4 Å². The topological polar surface area (TPSA) is 67.9 Å². The Bertz CT molecular complexity index is 689. The van der Waals surface area contributed by atoms with E-state index in [4.69, 9.17) is 32.7 Å². The van der Waals surface area contributed by atoms with Crippen molar-refractivity contribution in [2.75, 3.05) is 36.5 Å². The third-order valence-corrected chi connectivity index (χ3v) is 5.97. The molecule has 1 N–H and O–H groups in total. The van der Waals surface area contributed by atoms with E-state index in [-0.39, 0.29) is 0 Å². The number of carbonyl (C=O) groups is 2. The standard InChI is InChI=1S/C18H22Cl2N2O4/c1-12(26-16(24)17(2)11-18(17,19)20)15(23)21-13-3-5-14(6-4-13)22-7-9-25-10-8-22/h3-6,12H,7-11H2,1-2H3,(H,21,23)/t12-,17+/m0/s1. The van der Waals surface area contributed by atoms with Crippen LogP contribution in [-0.2, 0) is 19.1 Å². The van der Waals surface area contributed by atoms with Crippen LogP contribution in [0.3, 0.4) is 0 Å². The Balaban J connectivity index is 1.53. The van der Waals surface area contributed by atoms with Gasteiger partial charge in [-0.1, -0.05) is 0 Å². The molecule has 3 rings (SSSR count). The molecule has 2 aliphatic rings. The molecule has 1 heterocycles. The number of anilines is 2. The highest BCUT2D eigenvalue weighted by molar-refractivity contribution is 6.53. The van der Waals surface area contributed by atoms with E-state index in [2.05, 4.69) is 10.2 Å². The minimum absolute atomic E-state index is 0.319. The highest BCUT2D eigenvalue weighted by Gasteiger charge is 2.69. The van der Waals surface area contributed by atoms with Crippen LogP contribution in [-0.4, -0.2) is 48.6 Å². The van der Waals surface area contributed by atoms with Crippen molar-refractivity contribution in [2.45, 2.75) is 30.7 Å². The van der Waals surface area contributed by atoms with Gasteiger partial charge < -0.3 is 19.7 Å². The van der Waals surface area contributed by atoms with Gasteiger partial charge in [-0.2, -0.15) is 0 Å². The average molecular weight is 401 g/mol. The third-order valence-electron chi connectivity index (χ3n) is 4.87. The number of morpholine rings is 1. The van der Waals surface area contributed by atoms with Crippen LogP contribution in [0.5, 0.6) is 0 Å². The Hall–Kier alpha value is -1.50. The zero-order valence-electron chi connectivity index (χ0n) is 14.8. The summed E-state index contributed by atoms with van der Waals surface area (Å²) in [7, 11) is 0. The maximum absolute atomic E-state index is 12.3. The zero-order chi connectivity index (χ0) is 18.9. The van der Waals surface area contributed by atoms with E-state index < -0.39 is 27.7 Å². The molecule has 2 fully saturated rings. The van der Waals surface area contributed by atoms with Gasteiger partial charge in [0.05, 0.1) is 13.2 Å². The Labute approximate surface area is 162 Å². The number of carbonyl (C=O) groups excluding carboxylic acids is 2. The van der Waals surface area contributed by atoms with Crippen LogP contribution in [0.1, 0.15) is 20.3 Å². The van der Waals surface area contributed by atoms with Crippen molar-refractivity contribution in [3.05, 3.63) is 24.3 Å². The molecule has 1 aliphatic heterocycles. The molecule has 2 atom stereocenters. The van der Waals surface area contributed by atoms with Crippen molar-refractivity contribution in [1.29, 1.82) is 0 Å². The Morgan fingerprint density at radius 3 is 2.35 bits per heavy atom. The molecule has 1 saturated carbocycles. The van der Waals surface area contributed by atoms with Crippen LogP contribution in [0, 0.1) is 5.41 Å². The number of hydrogen-bond donors (Lipinski definition) is 1. The van der Waals surface area contributed by atoms with E-state index in [0.29, 0.717) is 25.3 Å². The van der Waals surface area contributed by atoms with Gasteiger partial charge in [-0.15, -0.1) is 23.2 Å². The average Bonchev–Trinajstić information content (AvgIpc) is 3.15. The second-order valence-electron chi connectivity index (χ2n) is 6.90. The van der Waals surface area contributed by atoms with Crippen LogP contribution < -0.4 is 10.2 Å². The first-order valence-corrected chi connectivity index (χ1v) is 9.31. The van der Waals surface area contributed by atoms with Crippen LogP contribution >= 0.6 is 23.2 Å². The van der Waals surface area contributed by atoms with E-state index in [1.165, 1.54) is 6.92 Å². The summed E-state index contributed by atoms with van der Waals surface area (Å²) in [4.78, 5) is 26.6. The summed E-state index contributed by atoms with van der Waals surface area (Å²) >= 11 is 11.9. The van der Waals surface area contributed by atoms with Gasteiger partial charge in [0.1, 0.15) is 9.75 Å². The van der Waals surface area contributed by atoms with Crippen LogP contribution in [0.15, 0.2) is 24.3 Å². The van der Waals surface area contributed by atoms with Crippen molar-refractivity contribution in [2.24, 2.45) is 5.41 Å². The molecular weight excluding hydrogens is 379 g/mol. The SMILES string of the molecule is C[C@H](OC(=O)[C@@]1(C)CC1(Cl)Cl)C(=O)Nc1ccc(N2CCOCC2)cc1. The minimum atomic E-state index is -1.12. The molecule has 26 heavy (non-hydrogen) atoms. The maximum Gasteiger partial charge on any atom is 0.315 e. The highest BCUT2D eigenvalue weighted by atomic mass is 35.5. The molecule has 0 radical (unpaired) electrons. The van der Waals surface area contributed by atoms with E-state index in [9.17, 15) is 9.59 Å². The molecule has 1 aromatic rings. The number of esters is 1. The fraction of sp³-hybridized carbons (Fsp3) is 0.556. The smallest absolute Gasteiger partial charge is 0.315 e. The lowest BCUT2D eigenvalue weighted by molar-refractivity contribution is -0.158. The van der Waals surface area contributed by atoms with E-state index >= 15 is 0 Å². The van der Waals surface area contributed by atoms with Crippen molar-refractivity contribution in [1.82, 2.24) is 0 Å². The van der Waals surface area contributed by atoms with Crippen molar-refractivity contribution in [3.8, 4) is 0 Å². The van der Waals surface area contributed by atoms with Crippen LogP contribution in [0.2, 0.25) is 0 Å². The van der Waals surface area contributed by atoms with Crippen molar-refractivity contribution >= 4 is 46.5 Å². The lowest BCUT2D eigenvalue weighted by atomic mass is 10.1. The first kappa shape index (κ1) is 19.3. The van der Waals surface area contributed by atoms with Gasteiger partial charge in [0.15, 0.2) is 6.10 Å². The molecule has 1 aliphatic carbocycles. The largest absolute Gasteiger partial charge is 0.452 e. The normalized spacial score (nSPS) is 25.3. The highest BCUT2D eigenvalue weighted by Crippen LogP contribution is 2.64. The summed E-state index contributed by atoms with van der Waals surface area (Å²) in [6.45, 7) is 6.27. The second-order valence-corrected chi connectivity index (χ2v) is 8.38. The maximum atomic E-state index is 12.3. The molecule has 1 saturated heterocycles. The number of amides is 1. The second kappa shape index (κ2) is 7.25. The molecular formula is C18H22Cl2N2O4. The molecule has 0 bridgehead atoms. The summed E-state index contributed by atoms with van der Waals surface area (Å²) in [6, 6.07) is 7.53. The Morgan fingerprint density at radius 2 is 1.81 bits per heavy atom. The van der Waals surface area contributed by atoms with Crippen LogP contribution in [0.25, 0.3) is 0 Å². The van der Waals surface area contributed by atoms with E-state index in [1.54, 1.807) is 6.92 Å². The zero-order valence-corrected chi connectivity index (χ0v) is 16.3. The molecule has 0 aromatic heterocycles. The van der Waals surface area contributed by atoms with Crippen molar-refractivity contribution in [3.63, 3.8) is 0 Å². The number of hydrogen-bond acceptors (Lipinski definition) is 5. The summed E-state index contributed by atoms with van der Waals surface area (Å²) in [5, 5.41) is 2.74. The number of nitrogens with zero attached hydrogens (tertiary/aromatic N) is 1. The summed E-state index contributed by atoms with van der Waals surface area (Å²) in [5.74, 6) is -0.968. The number of alkyl halides is 2. The molecule has 1 aromatic carbocycles. The number of ether oxygens (including phenoxy) is 2. The minimum Gasteiger partial charge on any atom is -0.452 e. The summed E-state index contributed by atoms with van der Waals surface area (Å²) in [6.07, 6.45) is -0.623. The predicted octanol–water partition coefficient (Wildman–Crippen LogP) is 2.98. The lowest BCUT2D eigenvalue weighted by Crippen LogP contribution is -2.36. The summed E-state index contributed by atoms with van der Waals surface area (Å²) < 4.78 is 9.45. The van der Waals surface area contributed by atoms with Gasteiger partial charge in [-0.05, 0) is 38.1 Å². The molecule has 1 amide bonds. The quantitative estimate of drug-likeness (QED) is 0.607. The molecule has 6 nitrogen and oxygen atoms in total. The monoisotopic (exact) mass is 400 g/mol. The van der Waals surface area contributed by atoms with E-state index in [0.717, 1.165) is 18.8 Å².